The molecule has 3 aliphatic rings. The minimum atomic E-state index is -3.74. The SMILES string of the molecule is C=CC1C[C@]1(NC(=O)C1C[C@@H](Oc2nccc3c(F)cccc23)CN1C)C(=O)NS(=O)(=O)C1CC1. The zero-order valence-corrected chi connectivity index (χ0v) is 20.1. The number of sulfonamides is 1. The Morgan fingerprint density at radius 1 is 1.29 bits per heavy atom. The molecule has 9 nitrogen and oxygen atoms in total. The summed E-state index contributed by atoms with van der Waals surface area (Å²) in [4.78, 5) is 32.2. The zero-order valence-electron chi connectivity index (χ0n) is 19.2. The summed E-state index contributed by atoms with van der Waals surface area (Å²) in [5.41, 5.74) is -1.32. The van der Waals surface area contributed by atoms with Gasteiger partial charge in [0.25, 0.3) is 5.91 Å². The van der Waals surface area contributed by atoms with Crippen molar-refractivity contribution in [2.45, 2.75) is 48.6 Å². The van der Waals surface area contributed by atoms with Crippen molar-refractivity contribution < 1.29 is 27.1 Å². The molecule has 2 unspecified atom stereocenters. The van der Waals surface area contributed by atoms with E-state index >= 15 is 0 Å². The van der Waals surface area contributed by atoms with Gasteiger partial charge in [0.2, 0.25) is 21.8 Å². The van der Waals surface area contributed by atoms with Crippen LogP contribution in [0.4, 0.5) is 4.39 Å². The number of nitrogens with one attached hydrogen (secondary N) is 2. The van der Waals surface area contributed by atoms with E-state index in [0.717, 1.165) is 0 Å². The van der Waals surface area contributed by atoms with E-state index in [0.29, 0.717) is 36.6 Å². The van der Waals surface area contributed by atoms with Gasteiger partial charge >= 0.3 is 0 Å². The lowest BCUT2D eigenvalue weighted by molar-refractivity contribution is -0.131. The van der Waals surface area contributed by atoms with E-state index in [1.165, 1.54) is 12.3 Å². The highest BCUT2D eigenvalue weighted by atomic mass is 32.2. The van der Waals surface area contributed by atoms with Crippen LogP contribution in [0.1, 0.15) is 25.7 Å². The molecule has 1 aromatic heterocycles. The summed E-state index contributed by atoms with van der Waals surface area (Å²) in [5.74, 6) is -1.55. The van der Waals surface area contributed by atoms with Gasteiger partial charge in [0.15, 0.2) is 0 Å². The van der Waals surface area contributed by atoms with Gasteiger partial charge < -0.3 is 10.1 Å². The molecular formula is C24H27FN4O5S. The predicted molar refractivity (Wildman–Crippen MR) is 126 cm³/mol. The topological polar surface area (TPSA) is 118 Å². The van der Waals surface area contributed by atoms with Crippen molar-refractivity contribution in [2.75, 3.05) is 13.6 Å². The average molecular weight is 503 g/mol. The van der Waals surface area contributed by atoms with E-state index in [1.54, 1.807) is 31.3 Å². The minimum absolute atomic E-state index is 0.288. The summed E-state index contributed by atoms with van der Waals surface area (Å²) < 4.78 is 46.9. The number of nitrogens with zero attached hydrogens (tertiary/aromatic N) is 2. The van der Waals surface area contributed by atoms with Gasteiger partial charge in [-0.2, -0.15) is 0 Å². The van der Waals surface area contributed by atoms with Crippen LogP contribution in [-0.2, 0) is 19.6 Å². The molecule has 0 radical (unpaired) electrons. The molecule has 0 spiro atoms. The maximum Gasteiger partial charge on any atom is 0.259 e. The Balaban J connectivity index is 1.27. The smallest absolute Gasteiger partial charge is 0.259 e. The molecule has 2 aromatic rings. The number of rotatable bonds is 8. The maximum absolute atomic E-state index is 14.1. The Labute approximate surface area is 202 Å². The Kier molecular flexibility index (Phi) is 5.79. The number of ether oxygens (including phenoxy) is 1. The van der Waals surface area contributed by atoms with E-state index in [4.69, 9.17) is 4.74 Å². The fraction of sp³-hybridized carbons (Fsp3) is 0.458. The van der Waals surface area contributed by atoms with Gasteiger partial charge in [-0.25, -0.2) is 17.8 Å². The predicted octanol–water partition coefficient (Wildman–Crippen LogP) is 1.49. The number of hydrogen-bond donors (Lipinski definition) is 2. The second-order valence-electron chi connectivity index (χ2n) is 9.56. The highest BCUT2D eigenvalue weighted by molar-refractivity contribution is 7.91. The van der Waals surface area contributed by atoms with E-state index in [2.05, 4.69) is 21.6 Å². The van der Waals surface area contributed by atoms with Gasteiger partial charge in [0, 0.05) is 35.9 Å². The number of halogens is 1. The molecule has 4 atom stereocenters. The van der Waals surface area contributed by atoms with Crippen molar-refractivity contribution in [3.05, 3.63) is 48.9 Å². The largest absolute Gasteiger partial charge is 0.472 e. The number of hydrogen-bond acceptors (Lipinski definition) is 7. The fourth-order valence-electron chi connectivity index (χ4n) is 4.76. The van der Waals surface area contributed by atoms with E-state index in [-0.39, 0.29) is 36.0 Å². The van der Waals surface area contributed by atoms with E-state index in [9.17, 15) is 22.4 Å². The van der Waals surface area contributed by atoms with Crippen LogP contribution >= 0.6 is 0 Å². The monoisotopic (exact) mass is 502 g/mol. The number of fused-ring (bicyclic) bond motifs is 1. The van der Waals surface area contributed by atoms with Crippen LogP contribution in [-0.4, -0.2) is 66.6 Å². The van der Waals surface area contributed by atoms with Crippen LogP contribution in [0.25, 0.3) is 10.8 Å². The third-order valence-corrected chi connectivity index (χ3v) is 8.87. The van der Waals surface area contributed by atoms with Crippen molar-refractivity contribution in [1.82, 2.24) is 19.9 Å². The molecule has 2 N–H and O–H groups in total. The van der Waals surface area contributed by atoms with Crippen LogP contribution in [0.3, 0.4) is 0 Å². The minimum Gasteiger partial charge on any atom is -0.472 e. The normalized spacial score (nSPS) is 28.5. The first kappa shape index (κ1) is 23.7. The first-order chi connectivity index (χ1) is 16.6. The van der Waals surface area contributed by atoms with Crippen LogP contribution in [0.15, 0.2) is 43.1 Å². The fourth-order valence-corrected chi connectivity index (χ4v) is 6.12. The van der Waals surface area contributed by atoms with Crippen molar-refractivity contribution in [2.24, 2.45) is 5.92 Å². The molecule has 1 saturated heterocycles. The molecule has 186 valence electrons. The molecule has 1 aromatic carbocycles. The number of likely N-dealkylation sites (tertiary alicyclic amines) is 1. The molecule has 5 rings (SSSR count). The van der Waals surface area contributed by atoms with Crippen molar-refractivity contribution in [3.63, 3.8) is 0 Å². The van der Waals surface area contributed by atoms with Crippen LogP contribution in [0.5, 0.6) is 5.88 Å². The highest BCUT2D eigenvalue weighted by Crippen LogP contribution is 2.45. The standard InChI is InChI=1S/C24H27FN4O5S/c1-3-14-12-24(14,23(31)28-35(32,33)16-7-8-16)27-21(30)20-11-15(13-29(20)2)34-22-18-5-4-6-19(25)17(18)9-10-26-22/h3-6,9-10,14-16,20H,1,7-8,11-13H2,2H3,(H,27,30)(H,28,31)/t14?,15-,20?,24-/m1/s1. The molecule has 2 amide bonds. The molecule has 3 fully saturated rings. The lowest BCUT2D eigenvalue weighted by Crippen LogP contribution is -2.55. The van der Waals surface area contributed by atoms with Gasteiger partial charge in [-0.05, 0) is 44.5 Å². The van der Waals surface area contributed by atoms with Gasteiger partial charge in [-0.1, -0.05) is 12.1 Å². The number of carbonyl (C=O) groups is 2. The molecule has 35 heavy (non-hydrogen) atoms. The van der Waals surface area contributed by atoms with Gasteiger partial charge in [0.1, 0.15) is 17.5 Å². The Morgan fingerprint density at radius 2 is 2.06 bits per heavy atom. The van der Waals surface area contributed by atoms with Gasteiger partial charge in [-0.3, -0.25) is 19.2 Å². The lowest BCUT2D eigenvalue weighted by Gasteiger charge is -2.23. The number of benzene rings is 1. The molecule has 11 heteroatoms. The molecule has 2 saturated carbocycles. The number of carbonyl (C=O) groups excluding carboxylic acids is 2. The average Bonchev–Trinajstić information content (AvgIpc) is 3.72. The van der Waals surface area contributed by atoms with Crippen molar-refractivity contribution in [1.29, 1.82) is 0 Å². The zero-order chi connectivity index (χ0) is 25.0. The molecule has 2 heterocycles. The molecular weight excluding hydrogens is 475 g/mol. The second kappa shape index (κ2) is 8.56. The van der Waals surface area contributed by atoms with E-state index in [1.807, 2.05) is 4.90 Å². The first-order valence-corrected chi connectivity index (χ1v) is 13.1. The number of aromatic nitrogens is 1. The van der Waals surface area contributed by atoms with Crippen LogP contribution in [0, 0.1) is 11.7 Å². The lowest BCUT2D eigenvalue weighted by atomic mass is 10.1. The van der Waals surface area contributed by atoms with Crippen molar-refractivity contribution in [3.8, 4) is 5.88 Å². The third-order valence-electron chi connectivity index (χ3n) is 7.06. The Morgan fingerprint density at radius 3 is 2.74 bits per heavy atom. The summed E-state index contributed by atoms with van der Waals surface area (Å²) in [5, 5.41) is 3.19. The Hall–Kier alpha value is -3.05. The third kappa shape index (κ3) is 4.38. The van der Waals surface area contributed by atoms with Gasteiger partial charge in [-0.15, -0.1) is 6.58 Å². The summed E-state index contributed by atoms with van der Waals surface area (Å²) >= 11 is 0. The quantitative estimate of drug-likeness (QED) is 0.525. The van der Waals surface area contributed by atoms with Crippen molar-refractivity contribution >= 4 is 32.6 Å². The number of likely N-dealkylation sites (N-methyl/N-ethyl adjacent to an activating group) is 1. The highest BCUT2D eigenvalue weighted by Gasteiger charge is 2.61. The summed E-state index contributed by atoms with van der Waals surface area (Å²) in [7, 11) is -1.97. The second-order valence-corrected chi connectivity index (χ2v) is 11.5. The summed E-state index contributed by atoms with van der Waals surface area (Å²) in [6.07, 6.45) is 4.32. The maximum atomic E-state index is 14.1. The molecule has 2 aliphatic carbocycles. The van der Waals surface area contributed by atoms with Crippen LogP contribution in [0.2, 0.25) is 0 Å². The Bertz CT molecular complexity index is 1310. The summed E-state index contributed by atoms with van der Waals surface area (Å²) in [6, 6.07) is 5.66. The number of pyridine rings is 1. The number of amides is 2. The first-order valence-electron chi connectivity index (χ1n) is 11.6. The summed E-state index contributed by atoms with van der Waals surface area (Å²) in [6.45, 7) is 4.13. The molecule has 0 bridgehead atoms. The van der Waals surface area contributed by atoms with Gasteiger partial charge in [0.05, 0.1) is 11.3 Å². The van der Waals surface area contributed by atoms with Crippen LogP contribution < -0.4 is 14.8 Å². The van der Waals surface area contributed by atoms with E-state index < -0.39 is 32.8 Å². The molecule has 1 aliphatic heterocycles.